The van der Waals surface area contributed by atoms with Gasteiger partial charge >= 0.3 is 0 Å². The number of sulfonamides is 1. The predicted octanol–water partition coefficient (Wildman–Crippen LogP) is 6.71. The van der Waals surface area contributed by atoms with E-state index >= 15 is 0 Å². The first-order chi connectivity index (χ1) is 20.3. The number of halogens is 2. The molecule has 0 spiro atoms. The first-order valence-corrected chi connectivity index (χ1v) is 17.0. The molecule has 2 amide bonds. The molecule has 1 N–H and O–H groups in total. The lowest BCUT2D eigenvalue weighted by Gasteiger charge is -2.33. The van der Waals surface area contributed by atoms with Crippen molar-refractivity contribution in [2.24, 2.45) is 0 Å². The summed E-state index contributed by atoms with van der Waals surface area (Å²) < 4.78 is 26.8. The SMILES string of the molecule is CC[C@H](C)NC(=O)[C@H](Cc1ccccc1)N(Cc1ccc(Cl)cc1Cl)C(=O)CCCN(c1ccc(C)c(C)c1)S(C)(=O)=O. The van der Waals surface area contributed by atoms with E-state index in [0.29, 0.717) is 27.7 Å². The monoisotopic (exact) mass is 645 g/mol. The van der Waals surface area contributed by atoms with E-state index in [2.05, 4.69) is 5.32 Å². The van der Waals surface area contributed by atoms with E-state index < -0.39 is 16.1 Å². The van der Waals surface area contributed by atoms with Crippen molar-refractivity contribution in [3.05, 3.63) is 99.0 Å². The highest BCUT2D eigenvalue weighted by atomic mass is 35.5. The van der Waals surface area contributed by atoms with Gasteiger partial charge in [0, 0.05) is 42.0 Å². The molecule has 0 unspecified atom stereocenters. The number of hydrogen-bond acceptors (Lipinski definition) is 4. The van der Waals surface area contributed by atoms with Crippen molar-refractivity contribution in [1.82, 2.24) is 10.2 Å². The molecule has 43 heavy (non-hydrogen) atoms. The zero-order valence-electron chi connectivity index (χ0n) is 25.4. The number of carbonyl (C=O) groups is 2. The molecule has 0 radical (unpaired) electrons. The Kier molecular flexibility index (Phi) is 12.5. The molecule has 3 aromatic carbocycles. The smallest absolute Gasteiger partial charge is 0.243 e. The lowest BCUT2D eigenvalue weighted by molar-refractivity contribution is -0.141. The van der Waals surface area contributed by atoms with E-state index in [9.17, 15) is 18.0 Å². The number of benzene rings is 3. The maximum Gasteiger partial charge on any atom is 0.243 e. The number of nitrogens with one attached hydrogen (secondary N) is 1. The number of hydrogen-bond donors (Lipinski definition) is 1. The fourth-order valence-corrected chi connectivity index (χ4v) is 6.14. The second kappa shape index (κ2) is 15.6. The van der Waals surface area contributed by atoms with Crippen LogP contribution < -0.4 is 9.62 Å². The van der Waals surface area contributed by atoms with Gasteiger partial charge in [0.25, 0.3) is 0 Å². The summed E-state index contributed by atoms with van der Waals surface area (Å²) in [6, 6.07) is 19.2. The Morgan fingerprint density at radius 2 is 1.65 bits per heavy atom. The molecule has 2 atom stereocenters. The molecule has 0 fully saturated rings. The van der Waals surface area contributed by atoms with Gasteiger partial charge in [-0.2, -0.15) is 0 Å². The van der Waals surface area contributed by atoms with Crippen LogP contribution in [0.15, 0.2) is 66.7 Å². The molecule has 7 nitrogen and oxygen atoms in total. The number of anilines is 1. The van der Waals surface area contributed by atoms with E-state index in [1.807, 2.05) is 70.2 Å². The molecular weight excluding hydrogens is 605 g/mol. The van der Waals surface area contributed by atoms with Gasteiger partial charge in [-0.15, -0.1) is 0 Å². The Labute approximate surface area is 266 Å². The van der Waals surface area contributed by atoms with Gasteiger partial charge in [-0.05, 0) is 80.1 Å². The standard InChI is InChI=1S/C33H41Cl2N3O4S/c1-6-25(4)36-33(40)31(20-26-11-8-7-9-12-26)37(22-27-15-16-28(34)21-30(27)35)32(39)13-10-18-38(43(5,41)42)29-17-14-23(2)24(3)19-29/h7-9,11-12,14-17,19,21,25,31H,6,10,13,18,20,22H2,1-5H3,(H,36,40)/t25-,31-/m0/s1. The quantitative estimate of drug-likeness (QED) is 0.211. The summed E-state index contributed by atoms with van der Waals surface area (Å²) in [6.07, 6.45) is 2.49. The van der Waals surface area contributed by atoms with Crippen molar-refractivity contribution < 1.29 is 18.0 Å². The van der Waals surface area contributed by atoms with Gasteiger partial charge in [0.15, 0.2) is 0 Å². The lowest BCUT2D eigenvalue weighted by Crippen LogP contribution is -2.52. The van der Waals surface area contributed by atoms with Crippen LogP contribution >= 0.6 is 23.2 Å². The number of aryl methyl sites for hydroxylation is 2. The maximum atomic E-state index is 14.0. The van der Waals surface area contributed by atoms with Crippen LogP contribution in [0.2, 0.25) is 10.0 Å². The minimum absolute atomic E-state index is 0.0317. The van der Waals surface area contributed by atoms with Crippen LogP contribution in [-0.4, -0.2) is 50.0 Å². The van der Waals surface area contributed by atoms with Crippen molar-refractivity contribution in [2.45, 2.75) is 72.0 Å². The Morgan fingerprint density at radius 3 is 2.26 bits per heavy atom. The lowest BCUT2D eigenvalue weighted by atomic mass is 10.0. The Bertz CT molecular complexity index is 1520. The van der Waals surface area contributed by atoms with Gasteiger partial charge in [0.1, 0.15) is 6.04 Å². The summed E-state index contributed by atoms with van der Waals surface area (Å²) in [6.45, 7) is 8.01. The van der Waals surface area contributed by atoms with Crippen LogP contribution in [0.3, 0.4) is 0 Å². The van der Waals surface area contributed by atoms with Gasteiger partial charge in [-0.1, -0.05) is 72.6 Å². The van der Waals surface area contributed by atoms with Crippen LogP contribution in [0.1, 0.15) is 55.4 Å². The van der Waals surface area contributed by atoms with Crippen molar-refractivity contribution >= 4 is 50.7 Å². The molecule has 0 saturated heterocycles. The number of nitrogens with zero attached hydrogens (tertiary/aromatic N) is 2. The molecule has 10 heteroatoms. The highest BCUT2D eigenvalue weighted by Crippen LogP contribution is 2.26. The van der Waals surface area contributed by atoms with E-state index in [1.165, 1.54) is 4.31 Å². The summed E-state index contributed by atoms with van der Waals surface area (Å²) >= 11 is 12.7. The number of carbonyl (C=O) groups excluding carboxylic acids is 2. The number of amides is 2. The largest absolute Gasteiger partial charge is 0.352 e. The average molecular weight is 647 g/mol. The minimum atomic E-state index is -3.60. The molecule has 3 rings (SSSR count). The molecule has 0 heterocycles. The third-order valence-electron chi connectivity index (χ3n) is 7.56. The molecule has 0 aliphatic heterocycles. The molecule has 3 aromatic rings. The molecule has 0 aliphatic rings. The highest BCUT2D eigenvalue weighted by molar-refractivity contribution is 7.92. The van der Waals surface area contributed by atoms with Crippen LogP contribution in [0, 0.1) is 13.8 Å². The second-order valence-corrected chi connectivity index (χ2v) is 13.7. The molecule has 232 valence electrons. The zero-order chi connectivity index (χ0) is 31.7. The van der Waals surface area contributed by atoms with Crippen molar-refractivity contribution in [2.75, 3.05) is 17.1 Å². The molecule has 0 saturated carbocycles. The van der Waals surface area contributed by atoms with Crippen LogP contribution in [0.25, 0.3) is 0 Å². The van der Waals surface area contributed by atoms with Crippen LogP contribution in [-0.2, 0) is 32.6 Å². The molecular formula is C33H41Cl2N3O4S. The van der Waals surface area contributed by atoms with E-state index in [1.54, 1.807) is 29.2 Å². The fourth-order valence-electron chi connectivity index (χ4n) is 4.71. The van der Waals surface area contributed by atoms with Crippen molar-refractivity contribution in [1.29, 1.82) is 0 Å². The average Bonchev–Trinajstić information content (AvgIpc) is 2.95. The summed E-state index contributed by atoms with van der Waals surface area (Å²) in [7, 11) is -3.60. The second-order valence-electron chi connectivity index (χ2n) is 11.0. The summed E-state index contributed by atoms with van der Waals surface area (Å²) in [5.74, 6) is -0.538. The van der Waals surface area contributed by atoms with Gasteiger partial charge in [-0.3, -0.25) is 13.9 Å². The predicted molar refractivity (Wildman–Crippen MR) is 176 cm³/mol. The van der Waals surface area contributed by atoms with Gasteiger partial charge in [0.2, 0.25) is 21.8 Å². The number of rotatable bonds is 14. The van der Waals surface area contributed by atoms with Crippen LogP contribution in [0.4, 0.5) is 5.69 Å². The van der Waals surface area contributed by atoms with Crippen molar-refractivity contribution in [3.8, 4) is 0 Å². The minimum Gasteiger partial charge on any atom is -0.352 e. The molecule has 0 bridgehead atoms. The van der Waals surface area contributed by atoms with E-state index in [-0.39, 0.29) is 43.8 Å². The normalized spacial score (nSPS) is 12.8. The summed E-state index contributed by atoms with van der Waals surface area (Å²) in [5.41, 5.74) is 4.15. The fraction of sp³-hybridized carbons (Fsp3) is 0.394. The third kappa shape index (κ3) is 9.98. The topological polar surface area (TPSA) is 86.8 Å². The summed E-state index contributed by atoms with van der Waals surface area (Å²) in [4.78, 5) is 29.3. The van der Waals surface area contributed by atoms with E-state index in [0.717, 1.165) is 29.4 Å². The molecule has 0 aromatic heterocycles. The Morgan fingerprint density at radius 1 is 0.953 bits per heavy atom. The summed E-state index contributed by atoms with van der Waals surface area (Å²) in [5, 5.41) is 3.91. The van der Waals surface area contributed by atoms with Gasteiger partial charge < -0.3 is 10.2 Å². The molecule has 0 aliphatic carbocycles. The maximum absolute atomic E-state index is 14.0. The third-order valence-corrected chi connectivity index (χ3v) is 9.34. The van der Waals surface area contributed by atoms with Crippen molar-refractivity contribution in [3.63, 3.8) is 0 Å². The first-order valence-electron chi connectivity index (χ1n) is 14.4. The highest BCUT2D eigenvalue weighted by Gasteiger charge is 2.31. The van der Waals surface area contributed by atoms with E-state index in [4.69, 9.17) is 23.2 Å². The van der Waals surface area contributed by atoms with Gasteiger partial charge in [0.05, 0.1) is 11.9 Å². The zero-order valence-corrected chi connectivity index (χ0v) is 27.8. The first kappa shape index (κ1) is 34.4. The van der Waals surface area contributed by atoms with Crippen LogP contribution in [0.5, 0.6) is 0 Å². The van der Waals surface area contributed by atoms with Gasteiger partial charge in [-0.25, -0.2) is 8.42 Å². The Balaban J connectivity index is 1.93. The Hall–Kier alpha value is -3.07.